The van der Waals surface area contributed by atoms with Crippen LogP contribution in [0.25, 0.3) is 0 Å². The van der Waals surface area contributed by atoms with Crippen molar-refractivity contribution < 1.29 is 37.8 Å². The van der Waals surface area contributed by atoms with E-state index in [-0.39, 0.29) is 11.8 Å². The Hall–Kier alpha value is -0.740. The van der Waals surface area contributed by atoms with Crippen molar-refractivity contribution in [1.29, 1.82) is 0 Å². The van der Waals surface area contributed by atoms with Gasteiger partial charge in [-0.05, 0) is 49.9 Å². The first-order valence-corrected chi connectivity index (χ1v) is 8.75. The van der Waals surface area contributed by atoms with Gasteiger partial charge in [-0.2, -0.15) is 8.42 Å². The summed E-state index contributed by atoms with van der Waals surface area (Å²) in [4.78, 5) is 12.4. The van der Waals surface area contributed by atoms with Gasteiger partial charge in [0.1, 0.15) is 0 Å². The first-order valence-electron chi connectivity index (χ1n) is 7.31. The van der Waals surface area contributed by atoms with E-state index in [1.165, 1.54) is 0 Å². The van der Waals surface area contributed by atoms with Crippen molar-refractivity contribution in [2.45, 2.75) is 43.3 Å². The van der Waals surface area contributed by atoms with Crippen LogP contribution >= 0.6 is 0 Å². The fraction of sp³-hybridized carbons (Fsp3) is 0.923. The second kappa shape index (κ2) is 4.88. The minimum absolute atomic E-state index is 0.0355. The number of esters is 1. The van der Waals surface area contributed by atoms with Crippen molar-refractivity contribution in [2.24, 2.45) is 23.2 Å². The Morgan fingerprint density at radius 3 is 2.23 bits per heavy atom. The average molecular weight is 336 g/mol. The first-order chi connectivity index (χ1) is 10.0. The second-order valence-electron chi connectivity index (χ2n) is 7.04. The molecule has 4 fully saturated rings. The topological polar surface area (TPSA) is 141 Å². The van der Waals surface area contributed by atoms with Crippen LogP contribution in [0.5, 0.6) is 0 Å². The third kappa shape index (κ3) is 2.44. The molecule has 9 heteroatoms. The Morgan fingerprint density at radius 2 is 1.73 bits per heavy atom. The van der Waals surface area contributed by atoms with Gasteiger partial charge in [-0.3, -0.25) is 9.35 Å². The van der Waals surface area contributed by atoms with E-state index in [9.17, 15) is 28.5 Å². The van der Waals surface area contributed by atoms with Gasteiger partial charge in [0.2, 0.25) is 0 Å². The lowest BCUT2D eigenvalue weighted by Crippen LogP contribution is -2.57. The molecule has 4 aliphatic rings. The van der Waals surface area contributed by atoms with Crippen molar-refractivity contribution in [1.82, 2.24) is 0 Å². The molecule has 2 atom stereocenters. The molecule has 4 rings (SSSR count). The number of carbonyl (C=O) groups is 1. The third-order valence-electron chi connectivity index (χ3n) is 5.46. The SMILES string of the molecule is O=C(OCC(O)(O)S(=O)(=O)O)C12CC3CC(C1)C(O)C(C3)C2. The largest absolute Gasteiger partial charge is 0.458 e. The highest BCUT2D eigenvalue weighted by Gasteiger charge is 2.59. The zero-order valence-corrected chi connectivity index (χ0v) is 12.7. The van der Waals surface area contributed by atoms with Gasteiger partial charge < -0.3 is 20.1 Å². The predicted molar refractivity (Wildman–Crippen MR) is 71.7 cm³/mol. The molecule has 2 unspecified atom stereocenters. The van der Waals surface area contributed by atoms with Gasteiger partial charge in [0.15, 0.2) is 6.61 Å². The van der Waals surface area contributed by atoms with E-state index < -0.39 is 39.3 Å². The number of rotatable bonds is 4. The molecule has 22 heavy (non-hydrogen) atoms. The summed E-state index contributed by atoms with van der Waals surface area (Å²) in [6.45, 7) is -1.24. The Kier molecular flexibility index (Phi) is 3.57. The molecule has 0 aromatic heterocycles. The molecule has 4 saturated carbocycles. The van der Waals surface area contributed by atoms with E-state index >= 15 is 0 Å². The quantitative estimate of drug-likeness (QED) is 0.298. The standard InChI is InChI=1S/C13H20O8S/c14-10-8-1-7-2-9(10)5-12(3-7,4-8)11(15)21-6-13(16,17)22(18,19)20/h7-10,14,16-17H,1-6H2,(H,18,19,20). The van der Waals surface area contributed by atoms with Crippen LogP contribution in [-0.2, 0) is 19.6 Å². The van der Waals surface area contributed by atoms with Gasteiger partial charge in [-0.15, -0.1) is 0 Å². The van der Waals surface area contributed by atoms with E-state index in [4.69, 9.17) is 9.29 Å². The number of hydrogen-bond acceptors (Lipinski definition) is 7. The van der Waals surface area contributed by atoms with Crippen LogP contribution in [-0.4, -0.2) is 52.1 Å². The molecule has 0 aromatic rings. The van der Waals surface area contributed by atoms with Gasteiger partial charge in [0.05, 0.1) is 11.5 Å². The molecule has 4 aliphatic carbocycles. The van der Waals surface area contributed by atoms with Crippen molar-refractivity contribution >= 4 is 16.1 Å². The molecular weight excluding hydrogens is 316 g/mol. The Balaban J connectivity index is 1.71. The summed E-state index contributed by atoms with van der Waals surface area (Å²) in [5.74, 6) is -0.278. The van der Waals surface area contributed by atoms with Gasteiger partial charge in [0.25, 0.3) is 0 Å². The van der Waals surface area contributed by atoms with Crippen molar-refractivity contribution in [2.75, 3.05) is 6.61 Å². The van der Waals surface area contributed by atoms with Crippen LogP contribution in [0, 0.1) is 23.2 Å². The minimum atomic E-state index is -5.17. The molecule has 0 amide bonds. The van der Waals surface area contributed by atoms with Crippen molar-refractivity contribution in [3.8, 4) is 0 Å². The highest BCUT2D eigenvalue weighted by molar-refractivity contribution is 7.86. The molecule has 0 saturated heterocycles. The van der Waals surface area contributed by atoms with Crippen LogP contribution in [0.3, 0.4) is 0 Å². The summed E-state index contributed by atoms with van der Waals surface area (Å²) in [5.41, 5.74) is -0.787. The zero-order valence-electron chi connectivity index (χ0n) is 11.9. The fourth-order valence-corrected chi connectivity index (χ4v) is 4.84. The Bertz CT molecular complexity index is 567. The van der Waals surface area contributed by atoms with Gasteiger partial charge in [-0.25, -0.2) is 0 Å². The maximum Gasteiger partial charge on any atom is 0.330 e. The van der Waals surface area contributed by atoms with Gasteiger partial charge in [-0.1, -0.05) is 0 Å². The Morgan fingerprint density at radius 1 is 1.18 bits per heavy atom. The maximum absolute atomic E-state index is 12.4. The second-order valence-corrected chi connectivity index (χ2v) is 8.64. The monoisotopic (exact) mass is 336 g/mol. The van der Waals surface area contributed by atoms with E-state index in [1.54, 1.807) is 0 Å². The fourth-order valence-electron chi connectivity index (χ4n) is 4.63. The number of aliphatic hydroxyl groups excluding tert-OH is 1. The van der Waals surface area contributed by atoms with Crippen LogP contribution in [0.4, 0.5) is 0 Å². The van der Waals surface area contributed by atoms with Crippen LogP contribution in [0.2, 0.25) is 0 Å². The van der Waals surface area contributed by atoms with Crippen molar-refractivity contribution in [3.05, 3.63) is 0 Å². The average Bonchev–Trinajstić information content (AvgIpc) is 2.39. The van der Waals surface area contributed by atoms with Gasteiger partial charge >= 0.3 is 21.2 Å². The number of aliphatic hydroxyl groups is 3. The minimum Gasteiger partial charge on any atom is -0.458 e. The lowest BCUT2D eigenvalue weighted by Gasteiger charge is -2.57. The lowest BCUT2D eigenvalue weighted by molar-refractivity contribution is -0.197. The molecular formula is C13H20O8S. The molecule has 0 radical (unpaired) electrons. The van der Waals surface area contributed by atoms with E-state index in [1.807, 2.05) is 0 Å². The summed E-state index contributed by atoms with van der Waals surface area (Å²) in [6.07, 6.45) is 2.89. The normalized spacial score (nSPS) is 40.7. The summed E-state index contributed by atoms with van der Waals surface area (Å²) in [6, 6.07) is 0. The lowest BCUT2D eigenvalue weighted by atomic mass is 9.48. The zero-order chi connectivity index (χ0) is 16.3. The maximum atomic E-state index is 12.4. The molecule has 0 spiro atoms. The molecule has 0 heterocycles. The smallest absolute Gasteiger partial charge is 0.330 e. The summed E-state index contributed by atoms with van der Waals surface area (Å²) >= 11 is 0. The van der Waals surface area contributed by atoms with Crippen LogP contribution < -0.4 is 0 Å². The highest BCUT2D eigenvalue weighted by atomic mass is 32.2. The molecule has 0 aromatic carbocycles. The number of carbonyl (C=O) groups excluding carboxylic acids is 1. The van der Waals surface area contributed by atoms with Crippen LogP contribution in [0.1, 0.15) is 32.1 Å². The summed E-state index contributed by atoms with van der Waals surface area (Å²) < 4.78 is 35.0. The van der Waals surface area contributed by atoms with Crippen molar-refractivity contribution in [3.63, 3.8) is 0 Å². The third-order valence-corrected chi connectivity index (χ3v) is 6.40. The summed E-state index contributed by atoms with van der Waals surface area (Å²) in [7, 11) is -5.17. The molecule has 4 bridgehead atoms. The molecule has 4 N–H and O–H groups in total. The van der Waals surface area contributed by atoms with E-state index in [0.717, 1.165) is 12.8 Å². The summed E-state index contributed by atoms with van der Waals surface area (Å²) in [5, 5.41) is 25.1. The molecule has 126 valence electrons. The Labute approximate surface area is 127 Å². The number of ether oxygens (including phenoxy) is 1. The van der Waals surface area contributed by atoms with Gasteiger partial charge in [0, 0.05) is 0 Å². The number of hydrogen-bond donors (Lipinski definition) is 4. The highest BCUT2D eigenvalue weighted by Crippen LogP contribution is 2.60. The van der Waals surface area contributed by atoms with E-state index in [0.29, 0.717) is 25.2 Å². The molecule has 8 nitrogen and oxygen atoms in total. The van der Waals surface area contributed by atoms with E-state index in [2.05, 4.69) is 0 Å². The molecule has 0 aliphatic heterocycles. The predicted octanol–water partition coefficient (Wildman–Crippen LogP) is -0.757. The first kappa shape index (κ1) is 16.1. The van der Waals surface area contributed by atoms with Crippen LogP contribution in [0.15, 0.2) is 0 Å².